The molecule has 0 atom stereocenters. The lowest BCUT2D eigenvalue weighted by Crippen LogP contribution is -2.38. The summed E-state index contributed by atoms with van der Waals surface area (Å²) in [6, 6.07) is 18.7. The van der Waals surface area contributed by atoms with E-state index in [1.165, 1.54) is 0 Å². The van der Waals surface area contributed by atoms with E-state index in [0.29, 0.717) is 30.2 Å². The van der Waals surface area contributed by atoms with Crippen LogP contribution in [0.3, 0.4) is 0 Å². The molecule has 1 aromatic heterocycles. The van der Waals surface area contributed by atoms with Crippen molar-refractivity contribution in [2.45, 2.75) is 25.2 Å². The minimum atomic E-state index is -0.149. The van der Waals surface area contributed by atoms with Gasteiger partial charge in [-0.15, -0.1) is 0 Å². The second-order valence-corrected chi connectivity index (χ2v) is 8.30. The number of carbonyl (C=O) groups excluding carboxylic acids is 2. The highest BCUT2D eigenvalue weighted by Gasteiger charge is 2.26. The third kappa shape index (κ3) is 4.97. The van der Waals surface area contributed by atoms with Crippen LogP contribution in [0.1, 0.15) is 40.5 Å². The fourth-order valence-corrected chi connectivity index (χ4v) is 4.05. The number of nitrogens with one attached hydrogen (secondary N) is 1. The van der Waals surface area contributed by atoms with E-state index in [0.717, 1.165) is 29.8 Å². The SMILES string of the molecule is CN(C(=O)c1cc(C2CCN(C(=O)Cc3ccc(Cl)cc3)CC2)[nH]n1)c1ccccc1. The Balaban J connectivity index is 1.33. The minimum absolute atomic E-state index is 0.130. The van der Waals surface area contributed by atoms with Gasteiger partial charge in [-0.25, -0.2) is 0 Å². The third-order valence-corrected chi connectivity index (χ3v) is 6.07. The lowest BCUT2D eigenvalue weighted by Gasteiger charge is -2.31. The van der Waals surface area contributed by atoms with Crippen molar-refractivity contribution in [3.8, 4) is 0 Å². The first kappa shape index (κ1) is 21.1. The number of amides is 2. The van der Waals surface area contributed by atoms with Gasteiger partial charge in [-0.05, 0) is 48.7 Å². The van der Waals surface area contributed by atoms with Gasteiger partial charge in [0.15, 0.2) is 5.69 Å². The number of likely N-dealkylation sites (tertiary alicyclic amines) is 1. The zero-order chi connectivity index (χ0) is 21.8. The van der Waals surface area contributed by atoms with Crippen LogP contribution in [-0.4, -0.2) is 47.0 Å². The Labute approximate surface area is 186 Å². The molecule has 3 aromatic rings. The molecule has 6 nitrogen and oxygen atoms in total. The zero-order valence-electron chi connectivity index (χ0n) is 17.4. The maximum atomic E-state index is 12.8. The van der Waals surface area contributed by atoms with Crippen LogP contribution < -0.4 is 4.90 Å². The van der Waals surface area contributed by atoms with Crippen molar-refractivity contribution in [3.05, 3.63) is 82.6 Å². The number of para-hydroxylation sites is 1. The van der Waals surface area contributed by atoms with Gasteiger partial charge in [0.25, 0.3) is 5.91 Å². The van der Waals surface area contributed by atoms with Crippen molar-refractivity contribution in [2.75, 3.05) is 25.0 Å². The molecule has 0 spiro atoms. The Morgan fingerprint density at radius 1 is 1.10 bits per heavy atom. The highest BCUT2D eigenvalue weighted by Crippen LogP contribution is 2.28. The van der Waals surface area contributed by atoms with E-state index in [2.05, 4.69) is 10.2 Å². The van der Waals surface area contributed by atoms with Crippen LogP contribution in [0.15, 0.2) is 60.7 Å². The van der Waals surface area contributed by atoms with Crippen LogP contribution in [-0.2, 0) is 11.2 Å². The molecular weight excluding hydrogens is 412 g/mol. The topological polar surface area (TPSA) is 69.3 Å². The van der Waals surface area contributed by atoms with E-state index >= 15 is 0 Å². The molecule has 0 unspecified atom stereocenters. The molecule has 0 radical (unpaired) electrons. The Bertz CT molecular complexity index is 1040. The van der Waals surface area contributed by atoms with Gasteiger partial charge in [0.05, 0.1) is 6.42 Å². The van der Waals surface area contributed by atoms with Gasteiger partial charge in [-0.2, -0.15) is 5.10 Å². The predicted octanol–water partition coefficient (Wildman–Crippen LogP) is 4.29. The van der Waals surface area contributed by atoms with Gasteiger partial charge in [0.1, 0.15) is 0 Å². The summed E-state index contributed by atoms with van der Waals surface area (Å²) in [6.07, 6.45) is 2.07. The first-order valence-corrected chi connectivity index (χ1v) is 10.8. The van der Waals surface area contributed by atoms with E-state index in [1.807, 2.05) is 65.6 Å². The molecular formula is C24H25ClN4O2. The molecule has 0 aliphatic carbocycles. The number of anilines is 1. The largest absolute Gasteiger partial charge is 0.342 e. The molecule has 2 amide bonds. The molecule has 160 valence electrons. The summed E-state index contributed by atoms with van der Waals surface area (Å²) in [5.41, 5.74) is 3.15. The number of aromatic amines is 1. The van der Waals surface area contributed by atoms with Gasteiger partial charge >= 0.3 is 0 Å². The predicted molar refractivity (Wildman–Crippen MR) is 121 cm³/mol. The smallest absolute Gasteiger partial charge is 0.278 e. The van der Waals surface area contributed by atoms with Crippen LogP contribution in [0.25, 0.3) is 0 Å². The normalized spacial score (nSPS) is 14.5. The fourth-order valence-electron chi connectivity index (χ4n) is 3.92. The average Bonchev–Trinajstić information content (AvgIpc) is 3.30. The Kier molecular flexibility index (Phi) is 6.37. The van der Waals surface area contributed by atoms with E-state index < -0.39 is 0 Å². The Morgan fingerprint density at radius 2 is 1.77 bits per heavy atom. The van der Waals surface area contributed by atoms with Gasteiger partial charge in [0, 0.05) is 42.5 Å². The van der Waals surface area contributed by atoms with Crippen molar-refractivity contribution in [1.29, 1.82) is 0 Å². The van der Waals surface area contributed by atoms with Crippen molar-refractivity contribution < 1.29 is 9.59 Å². The van der Waals surface area contributed by atoms with Crippen molar-refractivity contribution in [2.24, 2.45) is 0 Å². The Hall–Kier alpha value is -3.12. The van der Waals surface area contributed by atoms with Crippen molar-refractivity contribution in [1.82, 2.24) is 15.1 Å². The monoisotopic (exact) mass is 436 g/mol. The number of aromatic nitrogens is 2. The van der Waals surface area contributed by atoms with Gasteiger partial charge < -0.3 is 9.80 Å². The molecule has 0 saturated carbocycles. The second-order valence-electron chi connectivity index (χ2n) is 7.87. The van der Waals surface area contributed by atoms with Crippen LogP contribution >= 0.6 is 11.6 Å². The maximum absolute atomic E-state index is 12.8. The van der Waals surface area contributed by atoms with Crippen molar-refractivity contribution in [3.63, 3.8) is 0 Å². The summed E-state index contributed by atoms with van der Waals surface area (Å²) in [5.74, 6) is 0.241. The lowest BCUT2D eigenvalue weighted by molar-refractivity contribution is -0.131. The lowest BCUT2D eigenvalue weighted by atomic mass is 9.93. The number of piperidine rings is 1. The van der Waals surface area contributed by atoms with E-state index in [4.69, 9.17) is 11.6 Å². The number of rotatable bonds is 5. The molecule has 1 fully saturated rings. The summed E-state index contributed by atoms with van der Waals surface area (Å²) in [6.45, 7) is 1.40. The van der Waals surface area contributed by atoms with Crippen LogP contribution in [0.4, 0.5) is 5.69 Å². The first-order chi connectivity index (χ1) is 15.0. The fraction of sp³-hybridized carbons (Fsp3) is 0.292. The third-order valence-electron chi connectivity index (χ3n) is 5.82. The Morgan fingerprint density at radius 3 is 2.45 bits per heavy atom. The van der Waals surface area contributed by atoms with E-state index in [9.17, 15) is 9.59 Å². The number of benzene rings is 2. The maximum Gasteiger partial charge on any atom is 0.278 e. The number of carbonyl (C=O) groups is 2. The van der Waals surface area contributed by atoms with E-state index in [-0.39, 0.29) is 17.7 Å². The molecule has 1 saturated heterocycles. The molecule has 1 N–H and O–H groups in total. The summed E-state index contributed by atoms with van der Waals surface area (Å²) >= 11 is 5.91. The summed E-state index contributed by atoms with van der Waals surface area (Å²) in [4.78, 5) is 28.9. The summed E-state index contributed by atoms with van der Waals surface area (Å²) < 4.78 is 0. The minimum Gasteiger partial charge on any atom is -0.342 e. The first-order valence-electron chi connectivity index (χ1n) is 10.4. The van der Waals surface area contributed by atoms with Crippen molar-refractivity contribution >= 4 is 29.1 Å². The number of hydrogen-bond donors (Lipinski definition) is 1. The number of H-pyrrole nitrogens is 1. The molecule has 7 heteroatoms. The summed E-state index contributed by atoms with van der Waals surface area (Å²) in [5, 5.41) is 7.96. The zero-order valence-corrected chi connectivity index (χ0v) is 18.2. The molecule has 2 heterocycles. The molecule has 2 aromatic carbocycles. The standard InChI is InChI=1S/C24H25ClN4O2/c1-28(20-5-3-2-4-6-20)24(31)22-16-21(26-27-22)18-11-13-29(14-12-18)23(30)15-17-7-9-19(25)10-8-17/h2-10,16,18H,11-15H2,1H3,(H,26,27). The average molecular weight is 437 g/mol. The molecule has 4 rings (SSSR count). The van der Waals surface area contributed by atoms with Crippen LogP contribution in [0.2, 0.25) is 5.02 Å². The van der Waals surface area contributed by atoms with Crippen LogP contribution in [0, 0.1) is 0 Å². The number of halogens is 1. The molecule has 31 heavy (non-hydrogen) atoms. The number of nitrogens with zero attached hydrogens (tertiary/aromatic N) is 3. The highest BCUT2D eigenvalue weighted by molar-refractivity contribution is 6.30. The van der Waals surface area contributed by atoms with Gasteiger partial charge in [0.2, 0.25) is 5.91 Å². The number of hydrogen-bond acceptors (Lipinski definition) is 3. The van der Waals surface area contributed by atoms with Gasteiger partial charge in [-0.1, -0.05) is 41.9 Å². The molecule has 1 aliphatic heterocycles. The van der Waals surface area contributed by atoms with Gasteiger partial charge in [-0.3, -0.25) is 14.7 Å². The van der Waals surface area contributed by atoms with Crippen LogP contribution in [0.5, 0.6) is 0 Å². The van der Waals surface area contributed by atoms with E-state index in [1.54, 1.807) is 11.9 Å². The quantitative estimate of drug-likeness (QED) is 0.648. The molecule has 1 aliphatic rings. The molecule has 0 bridgehead atoms. The highest BCUT2D eigenvalue weighted by atomic mass is 35.5. The summed E-state index contributed by atoms with van der Waals surface area (Å²) in [7, 11) is 1.75. The second kappa shape index (κ2) is 9.35.